The van der Waals surface area contributed by atoms with E-state index in [-0.39, 0.29) is 6.61 Å². The van der Waals surface area contributed by atoms with Crippen LogP contribution in [-0.4, -0.2) is 41.8 Å². The summed E-state index contributed by atoms with van der Waals surface area (Å²) in [6, 6.07) is 14.7. The van der Waals surface area contributed by atoms with Crippen molar-refractivity contribution in [2.45, 2.75) is 39.5 Å². The smallest absolute Gasteiger partial charge is 0.408 e. The topological polar surface area (TPSA) is 105 Å². The Hall–Kier alpha value is -3.55. The lowest BCUT2D eigenvalue weighted by molar-refractivity contribution is -0.137. The largest absolute Gasteiger partial charge is 0.485 e. The van der Waals surface area contributed by atoms with Crippen LogP contribution in [-0.2, 0) is 20.9 Å². The number of carboxylic acids is 1. The number of rotatable bonds is 5. The molecule has 2 amide bonds. The standard InChI is InChI=1S/C23H26N2O6/c1-23(2,3)20-19(24-22(29)30-14-15-9-5-4-6-10-15)21(28)25(13-18(26)27)16-11-7-8-12-17(16)31-20/h4-12,19-20H,13-14H2,1-3H3,(H,24,29)(H,26,27)/t19-,20?/m0/s1. The van der Waals surface area contributed by atoms with Crippen LogP contribution in [0.3, 0.4) is 0 Å². The summed E-state index contributed by atoms with van der Waals surface area (Å²) < 4.78 is 11.4. The minimum atomic E-state index is -1.18. The average molecular weight is 426 g/mol. The fraction of sp³-hybridized carbons (Fsp3) is 0.348. The monoisotopic (exact) mass is 426 g/mol. The van der Waals surface area contributed by atoms with Gasteiger partial charge in [-0.15, -0.1) is 0 Å². The van der Waals surface area contributed by atoms with Gasteiger partial charge in [-0.2, -0.15) is 0 Å². The third-order valence-electron chi connectivity index (χ3n) is 4.88. The molecule has 8 nitrogen and oxygen atoms in total. The Morgan fingerprint density at radius 3 is 2.39 bits per heavy atom. The summed E-state index contributed by atoms with van der Waals surface area (Å²) in [7, 11) is 0. The summed E-state index contributed by atoms with van der Waals surface area (Å²) in [6.45, 7) is 5.11. The number of para-hydroxylation sites is 2. The van der Waals surface area contributed by atoms with Crippen molar-refractivity contribution in [2.75, 3.05) is 11.4 Å². The van der Waals surface area contributed by atoms with Gasteiger partial charge in [-0.3, -0.25) is 14.5 Å². The van der Waals surface area contributed by atoms with Crippen molar-refractivity contribution in [2.24, 2.45) is 5.41 Å². The highest BCUT2D eigenvalue weighted by Crippen LogP contribution is 2.37. The molecule has 0 bridgehead atoms. The molecule has 0 aliphatic carbocycles. The zero-order chi connectivity index (χ0) is 22.6. The number of amides is 2. The molecular formula is C23H26N2O6. The van der Waals surface area contributed by atoms with E-state index in [1.807, 2.05) is 51.1 Å². The van der Waals surface area contributed by atoms with E-state index in [2.05, 4.69) is 5.32 Å². The predicted octanol–water partition coefficient (Wildman–Crippen LogP) is 3.21. The number of alkyl carbamates (subject to hydrolysis) is 1. The molecule has 2 atom stereocenters. The second-order valence-corrected chi connectivity index (χ2v) is 8.37. The van der Waals surface area contributed by atoms with Crippen LogP contribution >= 0.6 is 0 Å². The molecule has 164 valence electrons. The number of nitrogens with one attached hydrogen (secondary N) is 1. The van der Waals surface area contributed by atoms with Crippen LogP contribution in [0.4, 0.5) is 10.5 Å². The zero-order valence-corrected chi connectivity index (χ0v) is 17.7. The van der Waals surface area contributed by atoms with E-state index < -0.39 is 42.1 Å². The average Bonchev–Trinajstić information content (AvgIpc) is 2.83. The fourth-order valence-corrected chi connectivity index (χ4v) is 3.41. The Kier molecular flexibility index (Phi) is 6.48. The molecule has 1 heterocycles. The molecule has 0 radical (unpaired) electrons. The molecule has 0 fully saturated rings. The first-order valence-corrected chi connectivity index (χ1v) is 9.93. The SMILES string of the molecule is CC(C)(C)C1Oc2ccccc2N(CC(=O)O)C(=O)[C@H]1NC(=O)OCc1ccccc1. The summed E-state index contributed by atoms with van der Waals surface area (Å²) >= 11 is 0. The Labute approximate surface area is 180 Å². The Bertz CT molecular complexity index is 954. The minimum absolute atomic E-state index is 0.0354. The summed E-state index contributed by atoms with van der Waals surface area (Å²) in [5, 5.41) is 12.0. The van der Waals surface area contributed by atoms with Gasteiger partial charge >= 0.3 is 12.1 Å². The molecule has 0 saturated heterocycles. The second-order valence-electron chi connectivity index (χ2n) is 8.37. The number of aliphatic carboxylic acids is 1. The van der Waals surface area contributed by atoms with E-state index >= 15 is 0 Å². The summed E-state index contributed by atoms with van der Waals surface area (Å²) in [4.78, 5) is 38.5. The van der Waals surface area contributed by atoms with Crippen molar-refractivity contribution in [1.82, 2.24) is 5.32 Å². The van der Waals surface area contributed by atoms with Gasteiger partial charge in [-0.05, 0) is 17.7 Å². The number of hydrogen-bond acceptors (Lipinski definition) is 5. The zero-order valence-electron chi connectivity index (χ0n) is 17.7. The number of anilines is 1. The molecular weight excluding hydrogens is 400 g/mol. The summed E-state index contributed by atoms with van der Waals surface area (Å²) in [5.41, 5.74) is 0.582. The number of carbonyl (C=O) groups is 3. The summed E-state index contributed by atoms with van der Waals surface area (Å²) in [6.07, 6.45) is -1.55. The van der Waals surface area contributed by atoms with E-state index in [1.54, 1.807) is 24.3 Å². The second kappa shape index (κ2) is 9.07. The van der Waals surface area contributed by atoms with Crippen LogP contribution in [0.15, 0.2) is 54.6 Å². The molecule has 1 aliphatic rings. The van der Waals surface area contributed by atoms with Gasteiger partial charge in [-0.25, -0.2) is 4.79 Å². The van der Waals surface area contributed by atoms with E-state index in [0.29, 0.717) is 11.4 Å². The fourth-order valence-electron chi connectivity index (χ4n) is 3.41. The first-order chi connectivity index (χ1) is 14.7. The van der Waals surface area contributed by atoms with Gasteiger partial charge in [-0.1, -0.05) is 63.2 Å². The lowest BCUT2D eigenvalue weighted by Crippen LogP contribution is -2.59. The van der Waals surface area contributed by atoms with E-state index in [4.69, 9.17) is 9.47 Å². The van der Waals surface area contributed by atoms with Crippen LogP contribution in [0, 0.1) is 5.41 Å². The highest BCUT2D eigenvalue weighted by atomic mass is 16.5. The van der Waals surface area contributed by atoms with Crippen molar-refractivity contribution < 1.29 is 29.0 Å². The third-order valence-corrected chi connectivity index (χ3v) is 4.88. The lowest BCUT2D eigenvalue weighted by Gasteiger charge is -2.35. The molecule has 3 rings (SSSR count). The molecule has 2 aromatic carbocycles. The van der Waals surface area contributed by atoms with Gasteiger partial charge in [0.2, 0.25) is 0 Å². The third kappa shape index (κ3) is 5.33. The molecule has 0 saturated carbocycles. The molecule has 0 spiro atoms. The lowest BCUT2D eigenvalue weighted by atomic mass is 9.84. The van der Waals surface area contributed by atoms with Crippen molar-refractivity contribution in [3.8, 4) is 5.75 Å². The van der Waals surface area contributed by atoms with Gasteiger partial charge in [0.25, 0.3) is 5.91 Å². The van der Waals surface area contributed by atoms with Gasteiger partial charge < -0.3 is 19.9 Å². The van der Waals surface area contributed by atoms with Crippen molar-refractivity contribution >= 4 is 23.7 Å². The number of carboxylic acid groups (broad SMARTS) is 1. The highest BCUT2D eigenvalue weighted by molar-refractivity contribution is 6.03. The first kappa shape index (κ1) is 22.1. The number of benzene rings is 2. The van der Waals surface area contributed by atoms with Crippen LogP contribution in [0.25, 0.3) is 0 Å². The van der Waals surface area contributed by atoms with Gasteiger partial charge in [0.1, 0.15) is 31.0 Å². The van der Waals surface area contributed by atoms with E-state index in [0.717, 1.165) is 10.5 Å². The van der Waals surface area contributed by atoms with E-state index in [1.165, 1.54) is 0 Å². The quantitative estimate of drug-likeness (QED) is 0.761. The predicted molar refractivity (Wildman–Crippen MR) is 114 cm³/mol. The first-order valence-electron chi connectivity index (χ1n) is 9.93. The Morgan fingerprint density at radius 2 is 1.74 bits per heavy atom. The minimum Gasteiger partial charge on any atom is -0.485 e. The molecule has 2 aromatic rings. The number of carbonyl (C=O) groups excluding carboxylic acids is 2. The van der Waals surface area contributed by atoms with Crippen LogP contribution in [0.5, 0.6) is 5.75 Å². The molecule has 2 N–H and O–H groups in total. The Morgan fingerprint density at radius 1 is 1.10 bits per heavy atom. The van der Waals surface area contributed by atoms with Gasteiger partial charge in [0, 0.05) is 5.41 Å². The maximum Gasteiger partial charge on any atom is 0.408 e. The van der Waals surface area contributed by atoms with Crippen LogP contribution in [0.1, 0.15) is 26.3 Å². The number of fused-ring (bicyclic) bond motifs is 1. The number of ether oxygens (including phenoxy) is 2. The molecule has 1 aliphatic heterocycles. The van der Waals surface area contributed by atoms with Gasteiger partial charge in [0.15, 0.2) is 0 Å². The van der Waals surface area contributed by atoms with Crippen LogP contribution in [0.2, 0.25) is 0 Å². The number of nitrogens with zero attached hydrogens (tertiary/aromatic N) is 1. The highest BCUT2D eigenvalue weighted by Gasteiger charge is 2.45. The van der Waals surface area contributed by atoms with Crippen molar-refractivity contribution in [3.05, 3.63) is 60.2 Å². The van der Waals surface area contributed by atoms with Crippen molar-refractivity contribution in [1.29, 1.82) is 0 Å². The molecule has 0 aromatic heterocycles. The molecule has 1 unspecified atom stereocenters. The normalized spacial score (nSPS) is 18.4. The van der Waals surface area contributed by atoms with Crippen molar-refractivity contribution in [3.63, 3.8) is 0 Å². The molecule has 31 heavy (non-hydrogen) atoms. The molecule has 8 heteroatoms. The maximum atomic E-state index is 13.4. The summed E-state index contributed by atoms with van der Waals surface area (Å²) in [5.74, 6) is -1.38. The van der Waals surface area contributed by atoms with Gasteiger partial charge in [0.05, 0.1) is 5.69 Å². The van der Waals surface area contributed by atoms with Crippen LogP contribution < -0.4 is 15.0 Å². The van der Waals surface area contributed by atoms with E-state index in [9.17, 15) is 19.5 Å². The Balaban J connectivity index is 1.89. The number of hydrogen-bond donors (Lipinski definition) is 2. The maximum absolute atomic E-state index is 13.4.